The lowest BCUT2D eigenvalue weighted by atomic mass is 9.64. The van der Waals surface area contributed by atoms with Crippen molar-refractivity contribution in [2.75, 3.05) is 12.0 Å². The number of ketones is 2. The van der Waals surface area contributed by atoms with Crippen LogP contribution in [0.15, 0.2) is 78.9 Å². The Hall–Kier alpha value is -3.99. The molecule has 5 heteroatoms. The SMILES string of the molecule is COC(=O)C1C(c2ccc(C(C)C)cc2)C2(C(=O)c3ccccc3C2=O)C2C=Cc3ccccc3N12. The maximum Gasteiger partial charge on any atom is 0.329 e. The summed E-state index contributed by atoms with van der Waals surface area (Å²) in [6.45, 7) is 4.23. The Morgan fingerprint density at radius 2 is 1.50 bits per heavy atom. The molecule has 3 unspecified atom stereocenters. The van der Waals surface area contributed by atoms with Gasteiger partial charge in [0.1, 0.15) is 11.5 Å². The van der Waals surface area contributed by atoms with Crippen molar-refractivity contribution in [3.63, 3.8) is 0 Å². The predicted octanol–water partition coefficient (Wildman–Crippen LogP) is 5.42. The van der Waals surface area contributed by atoms with E-state index in [1.165, 1.54) is 7.11 Å². The number of carbonyl (C=O) groups excluding carboxylic acids is 3. The van der Waals surface area contributed by atoms with Gasteiger partial charge in [-0.25, -0.2) is 4.79 Å². The van der Waals surface area contributed by atoms with Gasteiger partial charge in [-0.3, -0.25) is 9.59 Å². The highest BCUT2D eigenvalue weighted by atomic mass is 16.5. The van der Waals surface area contributed by atoms with E-state index >= 15 is 0 Å². The molecular weight excluding hydrogens is 450 g/mol. The fraction of sp³-hybridized carbons (Fsp3) is 0.258. The largest absolute Gasteiger partial charge is 0.467 e. The van der Waals surface area contributed by atoms with Crippen LogP contribution in [0.5, 0.6) is 0 Å². The van der Waals surface area contributed by atoms with Crippen molar-refractivity contribution in [1.82, 2.24) is 0 Å². The Bertz CT molecular complexity index is 1400. The van der Waals surface area contributed by atoms with Crippen LogP contribution in [-0.2, 0) is 9.53 Å². The lowest BCUT2D eigenvalue weighted by Gasteiger charge is -2.36. The molecule has 1 aliphatic carbocycles. The standard InChI is InChI=1S/C31H27NO4/c1-18(2)19-12-14-21(15-13-19)26-27(30(35)36-3)32-24-11-7-4-8-20(24)16-17-25(32)31(26)28(33)22-9-5-6-10-23(22)29(31)34/h4-18,25-27H,1-3H3. The number of carbonyl (C=O) groups is 3. The van der Waals surface area contributed by atoms with Crippen molar-refractivity contribution in [2.24, 2.45) is 5.41 Å². The van der Waals surface area contributed by atoms with Crippen LogP contribution in [0.2, 0.25) is 0 Å². The molecular formula is C31H27NO4. The molecule has 2 aliphatic heterocycles. The average molecular weight is 478 g/mol. The van der Waals surface area contributed by atoms with Gasteiger partial charge in [-0.15, -0.1) is 0 Å². The summed E-state index contributed by atoms with van der Waals surface area (Å²) in [6, 6.07) is 21.3. The molecule has 0 N–H and O–H groups in total. The number of esters is 1. The van der Waals surface area contributed by atoms with Crippen molar-refractivity contribution in [3.8, 4) is 0 Å². The van der Waals surface area contributed by atoms with Crippen LogP contribution in [0.25, 0.3) is 6.08 Å². The first-order chi connectivity index (χ1) is 17.4. The molecule has 0 radical (unpaired) electrons. The third-order valence-electron chi connectivity index (χ3n) is 8.12. The molecule has 180 valence electrons. The first kappa shape index (κ1) is 22.5. The molecule has 0 saturated carbocycles. The average Bonchev–Trinajstić information content (AvgIpc) is 3.35. The molecule has 3 aromatic carbocycles. The van der Waals surface area contributed by atoms with Gasteiger partial charge in [0.05, 0.1) is 13.2 Å². The highest BCUT2D eigenvalue weighted by Gasteiger charge is 2.71. The molecule has 1 fully saturated rings. The van der Waals surface area contributed by atoms with Gasteiger partial charge in [-0.1, -0.05) is 92.7 Å². The number of Topliss-reactive ketones (excluding diaryl/α,β-unsaturated/α-hetero) is 2. The van der Waals surface area contributed by atoms with Crippen molar-refractivity contribution >= 4 is 29.3 Å². The van der Waals surface area contributed by atoms with Crippen LogP contribution in [0, 0.1) is 5.41 Å². The maximum absolute atomic E-state index is 14.4. The Balaban J connectivity index is 1.66. The summed E-state index contributed by atoms with van der Waals surface area (Å²) in [5.41, 5.74) is 3.04. The molecule has 2 heterocycles. The summed E-state index contributed by atoms with van der Waals surface area (Å²) < 4.78 is 5.33. The number of hydrogen-bond donors (Lipinski definition) is 0. The maximum atomic E-state index is 14.4. The second-order valence-corrected chi connectivity index (χ2v) is 10.1. The molecule has 5 nitrogen and oxygen atoms in total. The Morgan fingerprint density at radius 1 is 0.889 bits per heavy atom. The second-order valence-electron chi connectivity index (χ2n) is 10.1. The second kappa shape index (κ2) is 8.02. The van der Waals surface area contributed by atoms with E-state index in [1.54, 1.807) is 24.3 Å². The molecule has 0 aromatic heterocycles. The third-order valence-corrected chi connectivity index (χ3v) is 8.12. The summed E-state index contributed by atoms with van der Waals surface area (Å²) >= 11 is 0. The number of para-hydroxylation sites is 1. The molecule has 0 bridgehead atoms. The fourth-order valence-corrected chi connectivity index (χ4v) is 6.47. The predicted molar refractivity (Wildman–Crippen MR) is 138 cm³/mol. The first-order valence-electron chi connectivity index (χ1n) is 12.3. The van der Waals surface area contributed by atoms with Crippen molar-refractivity contribution in [2.45, 2.75) is 37.8 Å². The summed E-state index contributed by atoms with van der Waals surface area (Å²) in [6.07, 6.45) is 3.88. The van der Waals surface area contributed by atoms with Crippen molar-refractivity contribution in [3.05, 3.63) is 107 Å². The van der Waals surface area contributed by atoms with E-state index in [1.807, 2.05) is 65.6 Å². The van der Waals surface area contributed by atoms with Gasteiger partial charge >= 0.3 is 5.97 Å². The zero-order chi connectivity index (χ0) is 25.2. The van der Waals surface area contributed by atoms with E-state index < -0.39 is 29.4 Å². The van der Waals surface area contributed by atoms with Crippen LogP contribution in [-0.4, -0.2) is 36.7 Å². The van der Waals surface area contributed by atoms with Crippen LogP contribution in [0.1, 0.15) is 63.1 Å². The normalized spacial score (nSPS) is 23.1. The van der Waals surface area contributed by atoms with Gasteiger partial charge < -0.3 is 9.64 Å². The summed E-state index contributed by atoms with van der Waals surface area (Å²) in [5.74, 6) is -1.32. The van der Waals surface area contributed by atoms with E-state index in [2.05, 4.69) is 13.8 Å². The number of anilines is 1. The zero-order valence-corrected chi connectivity index (χ0v) is 20.5. The van der Waals surface area contributed by atoms with E-state index in [0.717, 1.165) is 22.4 Å². The number of fused-ring (bicyclic) bond motifs is 5. The summed E-state index contributed by atoms with van der Waals surface area (Å²) in [5, 5.41) is 0. The third kappa shape index (κ3) is 2.80. The highest BCUT2D eigenvalue weighted by Crippen LogP contribution is 2.60. The quantitative estimate of drug-likeness (QED) is 0.373. The van der Waals surface area contributed by atoms with E-state index in [9.17, 15) is 14.4 Å². The molecule has 1 saturated heterocycles. The van der Waals surface area contributed by atoms with E-state index in [0.29, 0.717) is 17.0 Å². The minimum Gasteiger partial charge on any atom is -0.467 e. The van der Waals surface area contributed by atoms with E-state index in [-0.39, 0.29) is 11.6 Å². The van der Waals surface area contributed by atoms with Gasteiger partial charge in [-0.05, 0) is 28.7 Å². The smallest absolute Gasteiger partial charge is 0.329 e. The Morgan fingerprint density at radius 3 is 2.11 bits per heavy atom. The van der Waals surface area contributed by atoms with Gasteiger partial charge in [0.2, 0.25) is 0 Å². The van der Waals surface area contributed by atoms with Gasteiger partial charge in [0.15, 0.2) is 11.6 Å². The number of benzene rings is 3. The minimum atomic E-state index is -1.48. The topological polar surface area (TPSA) is 63.7 Å². The number of nitrogens with zero attached hydrogens (tertiary/aromatic N) is 1. The van der Waals surface area contributed by atoms with E-state index in [4.69, 9.17) is 4.74 Å². The van der Waals surface area contributed by atoms with Crippen molar-refractivity contribution in [1.29, 1.82) is 0 Å². The zero-order valence-electron chi connectivity index (χ0n) is 20.5. The molecule has 0 amide bonds. The number of hydrogen-bond acceptors (Lipinski definition) is 5. The van der Waals surface area contributed by atoms with Crippen LogP contribution in [0.3, 0.4) is 0 Å². The number of rotatable bonds is 3. The van der Waals surface area contributed by atoms with Gasteiger partial charge in [0.25, 0.3) is 0 Å². The summed E-state index contributed by atoms with van der Waals surface area (Å²) in [4.78, 5) is 44.3. The Labute approximate surface area is 210 Å². The molecule has 6 rings (SSSR count). The number of ether oxygens (including phenoxy) is 1. The summed E-state index contributed by atoms with van der Waals surface area (Å²) in [7, 11) is 1.36. The molecule has 36 heavy (non-hydrogen) atoms. The lowest BCUT2D eigenvalue weighted by Crippen LogP contribution is -2.48. The number of methoxy groups -OCH3 is 1. The molecule has 3 atom stereocenters. The van der Waals surface area contributed by atoms with Crippen LogP contribution in [0.4, 0.5) is 5.69 Å². The highest BCUT2D eigenvalue weighted by molar-refractivity contribution is 6.32. The van der Waals surface area contributed by atoms with Gasteiger partial charge in [0, 0.05) is 22.7 Å². The van der Waals surface area contributed by atoms with Crippen molar-refractivity contribution < 1.29 is 19.1 Å². The molecule has 3 aliphatic rings. The monoisotopic (exact) mass is 477 g/mol. The molecule has 3 aromatic rings. The Kier molecular flexibility index (Phi) is 5.01. The van der Waals surface area contributed by atoms with Gasteiger partial charge in [-0.2, -0.15) is 0 Å². The van der Waals surface area contributed by atoms with Crippen LogP contribution >= 0.6 is 0 Å². The molecule has 1 spiro atoms. The minimum absolute atomic E-state index is 0.230. The lowest BCUT2D eigenvalue weighted by molar-refractivity contribution is -0.142. The fourth-order valence-electron chi connectivity index (χ4n) is 6.47. The first-order valence-corrected chi connectivity index (χ1v) is 12.3. The van der Waals surface area contributed by atoms with Crippen LogP contribution < -0.4 is 4.90 Å².